The molecule has 0 saturated carbocycles. The molecule has 0 unspecified atom stereocenters. The van der Waals surface area contributed by atoms with E-state index in [1.165, 1.54) is 6.07 Å². The SMILES string of the molecule is CCOc1ccc(CCNC(=O)COc2ccc3ccc(=O)oc3c2)cc1OCC. The minimum atomic E-state index is -0.431. The zero-order valence-electron chi connectivity index (χ0n) is 17.1. The first-order chi connectivity index (χ1) is 14.6. The normalized spacial score (nSPS) is 10.6. The molecule has 3 rings (SSSR count). The van der Waals surface area contributed by atoms with Crippen LogP contribution < -0.4 is 25.2 Å². The van der Waals surface area contributed by atoms with Gasteiger partial charge in [-0.2, -0.15) is 0 Å². The number of benzene rings is 2. The summed E-state index contributed by atoms with van der Waals surface area (Å²) in [6.45, 7) is 5.31. The lowest BCUT2D eigenvalue weighted by Crippen LogP contribution is -2.30. The Morgan fingerprint density at radius 1 is 0.933 bits per heavy atom. The summed E-state index contributed by atoms with van der Waals surface area (Å²) in [7, 11) is 0. The van der Waals surface area contributed by atoms with Crippen molar-refractivity contribution in [2.75, 3.05) is 26.4 Å². The molecule has 2 aromatic carbocycles. The topological polar surface area (TPSA) is 87.0 Å². The summed E-state index contributed by atoms with van der Waals surface area (Å²) in [5.41, 5.74) is 1.02. The Morgan fingerprint density at radius 2 is 1.70 bits per heavy atom. The molecule has 158 valence electrons. The van der Waals surface area contributed by atoms with Crippen molar-refractivity contribution < 1.29 is 23.4 Å². The monoisotopic (exact) mass is 411 g/mol. The third-order valence-corrected chi connectivity index (χ3v) is 4.31. The summed E-state index contributed by atoms with van der Waals surface area (Å²) >= 11 is 0. The Morgan fingerprint density at radius 3 is 2.50 bits per heavy atom. The fourth-order valence-electron chi connectivity index (χ4n) is 2.93. The molecule has 0 aliphatic heterocycles. The van der Waals surface area contributed by atoms with Crippen LogP contribution >= 0.6 is 0 Å². The molecular formula is C23H25NO6. The highest BCUT2D eigenvalue weighted by Gasteiger charge is 2.08. The van der Waals surface area contributed by atoms with Crippen molar-refractivity contribution >= 4 is 16.9 Å². The molecule has 0 spiro atoms. The molecule has 0 radical (unpaired) electrons. The van der Waals surface area contributed by atoms with E-state index in [2.05, 4.69) is 5.32 Å². The summed E-state index contributed by atoms with van der Waals surface area (Å²) in [5.74, 6) is 1.64. The fraction of sp³-hybridized carbons (Fsp3) is 0.304. The molecule has 0 atom stereocenters. The summed E-state index contributed by atoms with van der Waals surface area (Å²) in [6.07, 6.45) is 0.652. The van der Waals surface area contributed by atoms with Gasteiger partial charge < -0.3 is 23.9 Å². The largest absolute Gasteiger partial charge is 0.490 e. The predicted octanol–water partition coefficient (Wildman–Crippen LogP) is 3.33. The maximum atomic E-state index is 12.1. The van der Waals surface area contributed by atoms with E-state index >= 15 is 0 Å². The summed E-state index contributed by atoms with van der Waals surface area (Å²) in [6, 6.07) is 13.9. The molecule has 30 heavy (non-hydrogen) atoms. The number of nitrogens with one attached hydrogen (secondary N) is 1. The first-order valence-corrected chi connectivity index (χ1v) is 9.91. The number of amides is 1. The van der Waals surface area contributed by atoms with Crippen molar-refractivity contribution in [2.24, 2.45) is 0 Å². The van der Waals surface area contributed by atoms with Crippen LogP contribution in [0.4, 0.5) is 0 Å². The van der Waals surface area contributed by atoms with E-state index in [0.717, 1.165) is 10.9 Å². The van der Waals surface area contributed by atoms with Gasteiger partial charge in [-0.25, -0.2) is 4.79 Å². The smallest absolute Gasteiger partial charge is 0.336 e. The Labute approximate surface area is 174 Å². The third-order valence-electron chi connectivity index (χ3n) is 4.31. The number of fused-ring (bicyclic) bond motifs is 1. The average Bonchev–Trinajstić information content (AvgIpc) is 2.74. The first-order valence-electron chi connectivity index (χ1n) is 9.91. The van der Waals surface area contributed by atoms with Crippen molar-refractivity contribution in [3.8, 4) is 17.2 Å². The Bertz CT molecular complexity index is 1060. The van der Waals surface area contributed by atoms with E-state index in [1.54, 1.807) is 24.3 Å². The maximum absolute atomic E-state index is 12.1. The zero-order chi connectivity index (χ0) is 21.3. The Balaban J connectivity index is 1.49. The molecule has 7 nitrogen and oxygen atoms in total. The molecule has 0 aliphatic rings. The Kier molecular flexibility index (Phi) is 7.32. The summed E-state index contributed by atoms with van der Waals surface area (Å²) in [5, 5.41) is 3.61. The van der Waals surface area contributed by atoms with E-state index in [-0.39, 0.29) is 12.5 Å². The molecule has 3 aromatic rings. The van der Waals surface area contributed by atoms with E-state index in [9.17, 15) is 9.59 Å². The highest BCUT2D eigenvalue weighted by Crippen LogP contribution is 2.28. The van der Waals surface area contributed by atoms with Gasteiger partial charge in [-0.15, -0.1) is 0 Å². The molecule has 1 N–H and O–H groups in total. The van der Waals surface area contributed by atoms with Crippen LogP contribution in [0, 0.1) is 0 Å². The van der Waals surface area contributed by atoms with E-state index in [0.29, 0.717) is 49.0 Å². The average molecular weight is 411 g/mol. The highest BCUT2D eigenvalue weighted by atomic mass is 16.5. The van der Waals surface area contributed by atoms with Gasteiger partial charge in [0.25, 0.3) is 5.91 Å². The minimum absolute atomic E-state index is 0.129. The van der Waals surface area contributed by atoms with Crippen molar-refractivity contribution in [3.05, 3.63) is 64.5 Å². The lowest BCUT2D eigenvalue weighted by molar-refractivity contribution is -0.123. The number of hydrogen-bond donors (Lipinski definition) is 1. The maximum Gasteiger partial charge on any atom is 0.336 e. The molecule has 1 aromatic heterocycles. The van der Waals surface area contributed by atoms with Gasteiger partial charge in [0.1, 0.15) is 11.3 Å². The van der Waals surface area contributed by atoms with Crippen molar-refractivity contribution in [3.63, 3.8) is 0 Å². The Hall–Kier alpha value is -3.48. The van der Waals surface area contributed by atoms with Crippen LogP contribution in [0.25, 0.3) is 11.0 Å². The second-order valence-electron chi connectivity index (χ2n) is 6.49. The fourth-order valence-corrected chi connectivity index (χ4v) is 2.93. The molecule has 1 amide bonds. The van der Waals surface area contributed by atoms with Crippen molar-refractivity contribution in [1.29, 1.82) is 0 Å². The highest BCUT2D eigenvalue weighted by molar-refractivity contribution is 5.79. The zero-order valence-corrected chi connectivity index (χ0v) is 17.1. The van der Waals surface area contributed by atoms with Gasteiger partial charge in [0, 0.05) is 24.1 Å². The lowest BCUT2D eigenvalue weighted by atomic mass is 10.1. The number of hydrogen-bond acceptors (Lipinski definition) is 6. The molecule has 0 saturated heterocycles. The first kappa shape index (κ1) is 21.2. The van der Waals surface area contributed by atoms with Crippen LogP contribution in [0.1, 0.15) is 19.4 Å². The number of carbonyl (C=O) groups is 1. The molecule has 0 aliphatic carbocycles. The van der Waals surface area contributed by atoms with Crippen molar-refractivity contribution in [2.45, 2.75) is 20.3 Å². The number of rotatable bonds is 10. The standard InChI is InChI=1S/C23H25NO6/c1-3-27-19-9-5-16(13-21(19)28-4-2)11-12-24-22(25)15-29-18-8-6-17-7-10-23(26)30-20(17)14-18/h5-10,13-14H,3-4,11-12,15H2,1-2H3,(H,24,25). The van der Waals surface area contributed by atoms with E-state index in [4.69, 9.17) is 18.6 Å². The second kappa shape index (κ2) is 10.3. The van der Waals surface area contributed by atoms with E-state index in [1.807, 2.05) is 32.0 Å². The molecular weight excluding hydrogens is 386 g/mol. The van der Waals surface area contributed by atoms with Crippen LogP contribution in [0.15, 0.2) is 57.7 Å². The number of ether oxygens (including phenoxy) is 3. The van der Waals surface area contributed by atoms with Crippen LogP contribution in [0.2, 0.25) is 0 Å². The lowest BCUT2D eigenvalue weighted by Gasteiger charge is -2.13. The van der Waals surface area contributed by atoms with Gasteiger partial charge in [0.2, 0.25) is 0 Å². The molecule has 1 heterocycles. The van der Waals surface area contributed by atoms with Gasteiger partial charge in [0.05, 0.1) is 13.2 Å². The second-order valence-corrected chi connectivity index (χ2v) is 6.49. The van der Waals surface area contributed by atoms with Crippen LogP contribution in [-0.4, -0.2) is 32.3 Å². The van der Waals surface area contributed by atoms with Gasteiger partial charge in [-0.3, -0.25) is 4.79 Å². The van der Waals surface area contributed by atoms with Gasteiger partial charge >= 0.3 is 5.63 Å². The summed E-state index contributed by atoms with van der Waals surface area (Å²) < 4.78 is 21.8. The van der Waals surface area contributed by atoms with Crippen LogP contribution in [0.3, 0.4) is 0 Å². The van der Waals surface area contributed by atoms with Crippen LogP contribution in [0.5, 0.6) is 17.2 Å². The molecule has 0 fully saturated rings. The van der Waals surface area contributed by atoms with E-state index < -0.39 is 5.63 Å². The van der Waals surface area contributed by atoms with Crippen molar-refractivity contribution in [1.82, 2.24) is 5.32 Å². The number of carbonyl (C=O) groups excluding carboxylic acids is 1. The predicted molar refractivity (Wildman–Crippen MR) is 113 cm³/mol. The molecule has 7 heteroatoms. The van der Waals surface area contributed by atoms with Gasteiger partial charge in [-0.1, -0.05) is 6.07 Å². The molecule has 0 bridgehead atoms. The van der Waals surface area contributed by atoms with Gasteiger partial charge in [-0.05, 0) is 56.2 Å². The minimum Gasteiger partial charge on any atom is -0.490 e. The third kappa shape index (κ3) is 5.76. The van der Waals surface area contributed by atoms with Gasteiger partial charge in [0.15, 0.2) is 18.1 Å². The summed E-state index contributed by atoms with van der Waals surface area (Å²) in [4.78, 5) is 23.4. The quantitative estimate of drug-likeness (QED) is 0.515. The van der Waals surface area contributed by atoms with Crippen LogP contribution in [-0.2, 0) is 11.2 Å².